The van der Waals surface area contributed by atoms with E-state index in [1.165, 1.54) is 24.2 Å². The smallest absolute Gasteiger partial charge is 0.261 e. The van der Waals surface area contributed by atoms with Crippen molar-refractivity contribution in [1.82, 2.24) is 20.2 Å². The summed E-state index contributed by atoms with van der Waals surface area (Å²) in [6.45, 7) is 6.53. The summed E-state index contributed by atoms with van der Waals surface area (Å²) in [7, 11) is 1.69. The Morgan fingerprint density at radius 1 is 1.19 bits per heavy atom. The van der Waals surface area contributed by atoms with E-state index in [-0.39, 0.29) is 5.91 Å². The summed E-state index contributed by atoms with van der Waals surface area (Å²) in [6, 6.07) is 8.01. The molecule has 1 aliphatic heterocycles. The van der Waals surface area contributed by atoms with Crippen molar-refractivity contribution in [2.75, 3.05) is 45.2 Å². The minimum Gasteiger partial charge on any atom is -0.496 e. The number of likely N-dealkylation sites (tertiary alicyclic amines) is 1. The Kier molecular flexibility index (Phi) is 6.99. The second kappa shape index (κ2) is 10.1. The fraction of sp³-hybridized carbons (Fsp3) is 0.435. The van der Waals surface area contributed by atoms with Gasteiger partial charge in [0.2, 0.25) is 0 Å². The van der Waals surface area contributed by atoms with Crippen LogP contribution >= 0.6 is 11.3 Å². The summed E-state index contributed by atoms with van der Waals surface area (Å²) in [5, 5.41) is 7.42. The Morgan fingerprint density at radius 3 is 2.81 bits per heavy atom. The number of amides is 1. The second-order valence-corrected chi connectivity index (χ2v) is 8.75. The molecule has 0 spiro atoms. The third-order valence-corrected chi connectivity index (χ3v) is 6.92. The summed E-state index contributed by atoms with van der Waals surface area (Å²) in [4.78, 5) is 25.6. The van der Waals surface area contributed by atoms with E-state index in [1.807, 2.05) is 25.1 Å². The number of benzene rings is 1. The molecule has 0 bridgehead atoms. The fourth-order valence-corrected chi connectivity index (χ4v) is 5.13. The Bertz CT molecular complexity index is 1050. The Labute approximate surface area is 186 Å². The number of carbonyl (C=O) groups is 1. The topological polar surface area (TPSA) is 79.4 Å². The van der Waals surface area contributed by atoms with Gasteiger partial charge in [0.1, 0.15) is 22.7 Å². The monoisotopic (exact) mass is 439 g/mol. The van der Waals surface area contributed by atoms with Crippen molar-refractivity contribution in [3.05, 3.63) is 46.6 Å². The Hall–Kier alpha value is -2.71. The van der Waals surface area contributed by atoms with Crippen LogP contribution < -0.4 is 15.4 Å². The van der Waals surface area contributed by atoms with Crippen molar-refractivity contribution < 1.29 is 9.53 Å². The molecule has 1 aliphatic rings. The summed E-state index contributed by atoms with van der Waals surface area (Å²) < 4.78 is 5.43. The molecule has 4 rings (SSSR count). The number of nitrogens with one attached hydrogen (secondary N) is 2. The third-order valence-electron chi connectivity index (χ3n) is 5.72. The van der Waals surface area contributed by atoms with Crippen LogP contribution in [-0.4, -0.2) is 60.6 Å². The number of nitrogens with zero attached hydrogens (tertiary/aromatic N) is 3. The van der Waals surface area contributed by atoms with E-state index in [0.717, 1.165) is 59.0 Å². The largest absolute Gasteiger partial charge is 0.496 e. The lowest BCUT2D eigenvalue weighted by molar-refractivity contribution is 0.0953. The quantitative estimate of drug-likeness (QED) is 0.531. The Morgan fingerprint density at radius 2 is 2.00 bits per heavy atom. The normalized spacial score (nSPS) is 14.1. The zero-order chi connectivity index (χ0) is 21.6. The van der Waals surface area contributed by atoms with E-state index in [4.69, 9.17) is 4.74 Å². The van der Waals surface area contributed by atoms with E-state index in [9.17, 15) is 4.79 Å². The van der Waals surface area contributed by atoms with Crippen molar-refractivity contribution in [1.29, 1.82) is 0 Å². The highest BCUT2D eigenvalue weighted by Gasteiger charge is 2.19. The minimum atomic E-state index is -0.0281. The molecule has 1 saturated heterocycles. The number of thiophene rings is 1. The maximum Gasteiger partial charge on any atom is 0.261 e. The highest BCUT2D eigenvalue weighted by Crippen LogP contribution is 2.33. The predicted molar refractivity (Wildman–Crippen MR) is 125 cm³/mol. The predicted octanol–water partition coefficient (Wildman–Crippen LogP) is 3.49. The van der Waals surface area contributed by atoms with Crippen LogP contribution in [0, 0.1) is 6.92 Å². The molecule has 1 amide bonds. The first kappa shape index (κ1) is 21.5. The van der Waals surface area contributed by atoms with E-state index in [1.54, 1.807) is 13.4 Å². The molecular weight excluding hydrogens is 410 g/mol. The van der Waals surface area contributed by atoms with Crippen LogP contribution in [0.25, 0.3) is 10.2 Å². The first-order valence-corrected chi connectivity index (χ1v) is 11.6. The van der Waals surface area contributed by atoms with Gasteiger partial charge in [0.15, 0.2) is 0 Å². The Balaban J connectivity index is 1.42. The van der Waals surface area contributed by atoms with Crippen molar-refractivity contribution in [3.8, 4) is 5.75 Å². The molecule has 2 N–H and O–H groups in total. The summed E-state index contributed by atoms with van der Waals surface area (Å²) in [5.74, 6) is 1.63. The maximum atomic E-state index is 12.8. The first-order valence-electron chi connectivity index (χ1n) is 10.8. The number of carbonyl (C=O) groups excluding carboxylic acids is 1. The number of aromatic nitrogens is 2. The van der Waals surface area contributed by atoms with E-state index in [0.29, 0.717) is 18.0 Å². The lowest BCUT2D eigenvalue weighted by atomic mass is 10.1. The van der Waals surface area contributed by atoms with Crippen LogP contribution in [0.2, 0.25) is 0 Å². The number of para-hydroxylation sites is 1. The molecule has 1 fully saturated rings. The summed E-state index contributed by atoms with van der Waals surface area (Å²) in [6.07, 6.45) is 4.88. The van der Waals surface area contributed by atoms with Crippen molar-refractivity contribution in [2.24, 2.45) is 0 Å². The van der Waals surface area contributed by atoms with Crippen LogP contribution in [0.5, 0.6) is 5.75 Å². The van der Waals surface area contributed by atoms with Gasteiger partial charge in [-0.1, -0.05) is 18.2 Å². The first-order chi connectivity index (χ1) is 15.2. The molecule has 0 saturated carbocycles. The number of hydrogen-bond acceptors (Lipinski definition) is 7. The second-order valence-electron chi connectivity index (χ2n) is 7.75. The SMILES string of the molecule is COc1ccccc1CCNc1ncnc2sc(C(=O)NCCN3CCCC3)c(C)c12. The van der Waals surface area contributed by atoms with Crippen LogP contribution in [-0.2, 0) is 6.42 Å². The zero-order valence-corrected chi connectivity index (χ0v) is 18.9. The van der Waals surface area contributed by atoms with E-state index >= 15 is 0 Å². The molecular formula is C23H29N5O2S. The number of rotatable bonds is 9. The van der Waals surface area contributed by atoms with Gasteiger partial charge in [-0.3, -0.25) is 4.79 Å². The fourth-order valence-electron chi connectivity index (χ4n) is 4.06. The number of methoxy groups -OCH3 is 1. The average molecular weight is 440 g/mol. The van der Waals surface area contributed by atoms with E-state index < -0.39 is 0 Å². The van der Waals surface area contributed by atoms with Gasteiger partial charge in [-0.2, -0.15) is 0 Å². The minimum absolute atomic E-state index is 0.0281. The molecule has 31 heavy (non-hydrogen) atoms. The van der Waals surface area contributed by atoms with Gasteiger partial charge in [0.25, 0.3) is 5.91 Å². The van der Waals surface area contributed by atoms with Gasteiger partial charge in [0.05, 0.1) is 17.4 Å². The molecule has 7 nitrogen and oxygen atoms in total. The zero-order valence-electron chi connectivity index (χ0n) is 18.1. The molecule has 2 aromatic heterocycles. The van der Waals surface area contributed by atoms with Crippen molar-refractivity contribution in [2.45, 2.75) is 26.2 Å². The van der Waals surface area contributed by atoms with Crippen LogP contribution in [0.4, 0.5) is 5.82 Å². The lowest BCUT2D eigenvalue weighted by Crippen LogP contribution is -2.33. The standard InChI is InChI=1S/C23H29N5O2S/c1-16-19-21(24-10-9-17-7-3-4-8-18(17)30-2)26-15-27-23(19)31-20(16)22(29)25-11-14-28-12-5-6-13-28/h3-4,7-8,15H,5-6,9-14H2,1-2H3,(H,25,29)(H,24,26,27). The van der Waals surface area contributed by atoms with E-state index in [2.05, 4.69) is 31.6 Å². The van der Waals surface area contributed by atoms with Gasteiger partial charge in [-0.15, -0.1) is 11.3 Å². The molecule has 8 heteroatoms. The summed E-state index contributed by atoms with van der Waals surface area (Å²) >= 11 is 1.43. The molecule has 3 aromatic rings. The van der Waals surface area contributed by atoms with Crippen LogP contribution in [0.1, 0.15) is 33.6 Å². The molecule has 1 aromatic carbocycles. The number of hydrogen-bond donors (Lipinski definition) is 2. The van der Waals surface area contributed by atoms with Gasteiger partial charge in [0, 0.05) is 19.6 Å². The van der Waals surface area contributed by atoms with Crippen LogP contribution in [0.15, 0.2) is 30.6 Å². The number of ether oxygens (including phenoxy) is 1. The molecule has 0 aliphatic carbocycles. The third kappa shape index (κ3) is 4.97. The number of anilines is 1. The molecule has 0 atom stereocenters. The van der Waals surface area contributed by atoms with Gasteiger partial charge in [-0.25, -0.2) is 9.97 Å². The molecule has 164 valence electrons. The number of fused-ring (bicyclic) bond motifs is 1. The molecule has 3 heterocycles. The average Bonchev–Trinajstić information content (AvgIpc) is 3.42. The highest BCUT2D eigenvalue weighted by molar-refractivity contribution is 7.20. The lowest BCUT2D eigenvalue weighted by Gasteiger charge is -2.14. The van der Waals surface area contributed by atoms with Gasteiger partial charge in [-0.05, 0) is 56.5 Å². The van der Waals surface area contributed by atoms with Crippen molar-refractivity contribution >= 4 is 33.3 Å². The van der Waals surface area contributed by atoms with Gasteiger partial charge < -0.3 is 20.3 Å². The number of aryl methyl sites for hydroxylation is 1. The molecule has 0 unspecified atom stereocenters. The maximum absolute atomic E-state index is 12.8. The van der Waals surface area contributed by atoms with Gasteiger partial charge >= 0.3 is 0 Å². The van der Waals surface area contributed by atoms with Crippen molar-refractivity contribution in [3.63, 3.8) is 0 Å². The van der Waals surface area contributed by atoms with Crippen LogP contribution in [0.3, 0.4) is 0 Å². The molecule has 0 radical (unpaired) electrons. The highest BCUT2D eigenvalue weighted by atomic mass is 32.1. The summed E-state index contributed by atoms with van der Waals surface area (Å²) in [5.41, 5.74) is 2.07.